The van der Waals surface area contributed by atoms with Crippen molar-refractivity contribution in [3.05, 3.63) is 48.5 Å². The minimum absolute atomic E-state index is 0.750. The largest absolute Gasteiger partial charge is 0.337 e. The Morgan fingerprint density at radius 1 is 1.21 bits per heavy atom. The molecule has 0 aliphatic heterocycles. The van der Waals surface area contributed by atoms with E-state index >= 15 is 0 Å². The Labute approximate surface area is 120 Å². The third-order valence-corrected chi connectivity index (χ3v) is 4.39. The molecule has 102 valence electrons. The van der Waals surface area contributed by atoms with Crippen LogP contribution in [0.3, 0.4) is 0 Å². The number of benzene rings is 1. The van der Waals surface area contributed by atoms with Crippen molar-refractivity contribution in [2.45, 2.75) is 38.1 Å². The Balaban J connectivity index is 1.75. The van der Waals surface area contributed by atoms with Gasteiger partial charge in [-0.05, 0) is 36.5 Å². The molecule has 2 nitrogen and oxygen atoms in total. The molecule has 2 aromatic rings. The Morgan fingerprint density at radius 3 is 2.63 bits per heavy atom. The number of aromatic nitrogens is 2. The van der Waals surface area contributed by atoms with Crippen molar-refractivity contribution in [1.29, 1.82) is 0 Å². The summed E-state index contributed by atoms with van der Waals surface area (Å²) in [6, 6.07) is 9.02. The molecule has 3 heteroatoms. The fourth-order valence-corrected chi connectivity index (χ4v) is 2.75. The van der Waals surface area contributed by atoms with Crippen LogP contribution >= 0.6 is 11.8 Å². The fraction of sp³-hybridized carbons (Fsp3) is 0.438. The molecule has 0 N–H and O–H groups in total. The molecule has 1 aromatic carbocycles. The van der Waals surface area contributed by atoms with E-state index in [1.807, 2.05) is 30.5 Å². The Morgan fingerprint density at radius 2 is 2.00 bits per heavy atom. The summed E-state index contributed by atoms with van der Waals surface area (Å²) in [5, 5.41) is 0. The highest BCUT2D eigenvalue weighted by molar-refractivity contribution is 7.99. The van der Waals surface area contributed by atoms with Crippen LogP contribution in [-0.2, 0) is 13.0 Å². The second-order valence-corrected chi connectivity index (χ2v) is 6.35. The second kappa shape index (κ2) is 7.39. The van der Waals surface area contributed by atoms with Crippen LogP contribution in [0.4, 0.5) is 0 Å². The molecule has 0 atom stereocenters. The summed E-state index contributed by atoms with van der Waals surface area (Å²) in [7, 11) is 0. The summed E-state index contributed by atoms with van der Waals surface area (Å²) >= 11 is 1.95. The van der Waals surface area contributed by atoms with Crippen molar-refractivity contribution in [2.75, 3.05) is 5.75 Å². The van der Waals surface area contributed by atoms with Gasteiger partial charge in [0.15, 0.2) is 0 Å². The van der Waals surface area contributed by atoms with E-state index in [0.29, 0.717) is 0 Å². The number of thioether (sulfide) groups is 1. The molecule has 2 rings (SSSR count). The van der Waals surface area contributed by atoms with Gasteiger partial charge in [0.25, 0.3) is 0 Å². The summed E-state index contributed by atoms with van der Waals surface area (Å²) < 4.78 is 2.13. The van der Waals surface area contributed by atoms with Crippen molar-refractivity contribution < 1.29 is 0 Å². The maximum absolute atomic E-state index is 4.05. The van der Waals surface area contributed by atoms with E-state index in [1.54, 1.807) is 0 Å². The molecule has 0 amide bonds. The SMILES string of the molecule is CC(C)CSc1ccc(CCCn2ccnc2)cc1. The second-order valence-electron chi connectivity index (χ2n) is 5.25. The zero-order chi connectivity index (χ0) is 13.5. The monoisotopic (exact) mass is 274 g/mol. The van der Waals surface area contributed by atoms with Gasteiger partial charge in [-0.2, -0.15) is 0 Å². The van der Waals surface area contributed by atoms with E-state index in [0.717, 1.165) is 25.3 Å². The average Bonchev–Trinajstić information content (AvgIpc) is 2.91. The molecule has 19 heavy (non-hydrogen) atoms. The number of nitrogens with zero attached hydrogens (tertiary/aromatic N) is 2. The molecule has 0 spiro atoms. The number of hydrogen-bond acceptors (Lipinski definition) is 2. The van der Waals surface area contributed by atoms with E-state index in [4.69, 9.17) is 0 Å². The van der Waals surface area contributed by atoms with Gasteiger partial charge in [0, 0.05) is 29.6 Å². The summed E-state index contributed by atoms with van der Waals surface area (Å²) in [6.45, 7) is 5.57. The van der Waals surface area contributed by atoms with Crippen LogP contribution < -0.4 is 0 Å². The van der Waals surface area contributed by atoms with Crippen molar-refractivity contribution in [2.24, 2.45) is 5.92 Å². The molecule has 1 heterocycles. The van der Waals surface area contributed by atoms with Crippen LogP contribution in [0.15, 0.2) is 47.9 Å². The van der Waals surface area contributed by atoms with Crippen LogP contribution in [-0.4, -0.2) is 15.3 Å². The summed E-state index contributed by atoms with van der Waals surface area (Å²) in [4.78, 5) is 5.44. The smallest absolute Gasteiger partial charge is 0.0945 e. The predicted octanol–water partition coefficient (Wildman–Crippen LogP) is 4.26. The molecule has 0 bridgehead atoms. The van der Waals surface area contributed by atoms with Gasteiger partial charge in [-0.25, -0.2) is 4.98 Å². The number of aryl methyl sites for hydroxylation is 2. The molecule has 1 aromatic heterocycles. The number of imidazole rings is 1. The lowest BCUT2D eigenvalue weighted by molar-refractivity contribution is 0.642. The maximum Gasteiger partial charge on any atom is 0.0945 e. The van der Waals surface area contributed by atoms with E-state index < -0.39 is 0 Å². The average molecular weight is 274 g/mol. The third kappa shape index (κ3) is 5.11. The van der Waals surface area contributed by atoms with Gasteiger partial charge in [-0.1, -0.05) is 26.0 Å². The van der Waals surface area contributed by atoms with Crippen LogP contribution in [0.25, 0.3) is 0 Å². The van der Waals surface area contributed by atoms with Crippen molar-refractivity contribution in [3.8, 4) is 0 Å². The molecule has 0 saturated heterocycles. The first kappa shape index (κ1) is 14.2. The normalized spacial score (nSPS) is 11.1. The zero-order valence-electron chi connectivity index (χ0n) is 11.7. The quantitative estimate of drug-likeness (QED) is 0.702. The van der Waals surface area contributed by atoms with Gasteiger partial charge in [0.05, 0.1) is 6.33 Å². The molecule has 0 aliphatic rings. The lowest BCUT2D eigenvalue weighted by Gasteiger charge is -2.06. The summed E-state index contributed by atoms with van der Waals surface area (Å²) in [6.07, 6.45) is 8.03. The van der Waals surface area contributed by atoms with E-state index in [9.17, 15) is 0 Å². The van der Waals surface area contributed by atoms with Gasteiger partial charge in [-0.3, -0.25) is 0 Å². The van der Waals surface area contributed by atoms with Crippen LogP contribution in [0.2, 0.25) is 0 Å². The Bertz CT molecular complexity index is 460. The van der Waals surface area contributed by atoms with Crippen molar-refractivity contribution in [1.82, 2.24) is 9.55 Å². The molecule has 0 fully saturated rings. The molecular weight excluding hydrogens is 252 g/mol. The van der Waals surface area contributed by atoms with E-state index in [-0.39, 0.29) is 0 Å². The number of rotatable bonds is 7. The minimum Gasteiger partial charge on any atom is -0.337 e. The van der Waals surface area contributed by atoms with Crippen LogP contribution in [0.1, 0.15) is 25.8 Å². The lowest BCUT2D eigenvalue weighted by atomic mass is 10.1. The lowest BCUT2D eigenvalue weighted by Crippen LogP contribution is -1.96. The minimum atomic E-state index is 0.750. The van der Waals surface area contributed by atoms with Crippen molar-refractivity contribution in [3.63, 3.8) is 0 Å². The summed E-state index contributed by atoms with van der Waals surface area (Å²) in [5.74, 6) is 1.94. The third-order valence-electron chi connectivity index (χ3n) is 2.95. The highest BCUT2D eigenvalue weighted by Gasteiger charge is 1.99. The molecular formula is C16H22N2S. The van der Waals surface area contributed by atoms with Gasteiger partial charge in [0.2, 0.25) is 0 Å². The maximum atomic E-state index is 4.05. The summed E-state index contributed by atoms with van der Waals surface area (Å²) in [5.41, 5.74) is 1.43. The standard InChI is InChI=1S/C16H22N2S/c1-14(2)12-19-16-7-5-15(6-8-16)4-3-10-18-11-9-17-13-18/h5-9,11,13-14H,3-4,10,12H2,1-2H3. The van der Waals surface area contributed by atoms with Gasteiger partial charge < -0.3 is 4.57 Å². The highest BCUT2D eigenvalue weighted by atomic mass is 32.2. The zero-order valence-corrected chi connectivity index (χ0v) is 12.6. The van der Waals surface area contributed by atoms with E-state index in [2.05, 4.69) is 47.7 Å². The van der Waals surface area contributed by atoms with Gasteiger partial charge >= 0.3 is 0 Å². The van der Waals surface area contributed by atoms with Crippen LogP contribution in [0.5, 0.6) is 0 Å². The van der Waals surface area contributed by atoms with Crippen LogP contribution in [0, 0.1) is 5.92 Å². The first-order chi connectivity index (χ1) is 9.24. The molecule has 0 aliphatic carbocycles. The first-order valence-corrected chi connectivity index (χ1v) is 7.90. The first-order valence-electron chi connectivity index (χ1n) is 6.91. The van der Waals surface area contributed by atoms with Gasteiger partial charge in [-0.15, -0.1) is 11.8 Å². The Hall–Kier alpha value is -1.22. The van der Waals surface area contributed by atoms with Gasteiger partial charge in [0.1, 0.15) is 0 Å². The molecule has 0 radical (unpaired) electrons. The molecule has 0 unspecified atom stereocenters. The number of hydrogen-bond donors (Lipinski definition) is 0. The van der Waals surface area contributed by atoms with E-state index in [1.165, 1.54) is 16.2 Å². The molecule has 0 saturated carbocycles. The predicted molar refractivity (Wildman–Crippen MR) is 82.6 cm³/mol. The fourth-order valence-electron chi connectivity index (χ4n) is 1.90. The topological polar surface area (TPSA) is 17.8 Å². The highest BCUT2D eigenvalue weighted by Crippen LogP contribution is 2.21. The Kier molecular flexibility index (Phi) is 5.52. The van der Waals surface area contributed by atoms with Crippen molar-refractivity contribution >= 4 is 11.8 Å².